The first-order valence-corrected chi connectivity index (χ1v) is 11.1. The van der Waals surface area contributed by atoms with E-state index < -0.39 is 43.3 Å². The van der Waals surface area contributed by atoms with Gasteiger partial charge < -0.3 is 15.5 Å². The molecule has 1 saturated heterocycles. The van der Waals surface area contributed by atoms with Crippen molar-refractivity contribution in [1.82, 2.24) is 20.5 Å². The van der Waals surface area contributed by atoms with Crippen LogP contribution in [0.3, 0.4) is 0 Å². The summed E-state index contributed by atoms with van der Waals surface area (Å²) in [7, 11) is 0. The number of carbonyl (C=O) groups excluding carboxylic acids is 2. The summed E-state index contributed by atoms with van der Waals surface area (Å²) in [6, 6.07) is 8.62. The molecule has 1 aromatic carbocycles. The molecule has 0 aliphatic carbocycles. The van der Waals surface area contributed by atoms with Crippen molar-refractivity contribution in [2.75, 3.05) is 19.6 Å². The first-order valence-electron chi connectivity index (χ1n) is 11.1. The molecule has 4 rings (SSSR count). The largest absolute Gasteiger partial charge is 0.343 e. The Hall–Kier alpha value is -3.64. The second-order valence-corrected chi connectivity index (χ2v) is 8.59. The van der Waals surface area contributed by atoms with Gasteiger partial charge in [-0.3, -0.25) is 14.6 Å². The van der Waals surface area contributed by atoms with Crippen molar-refractivity contribution in [3.8, 4) is 6.07 Å². The Morgan fingerprint density at radius 3 is 2.97 bits per heavy atom. The molecule has 176 valence electrons. The molecule has 0 spiro atoms. The standard InChI is InChI=1S/C25H25F2N5O2/c1-16-21-5-3-17(10-18(21)6-9-30-16)2-4-19-13-29-8-7-22(19)24(34)31-14-23(33)32-15-25(26,27)11-20(32)12-28/h2-5,7-8,10,13,16,20,30H,6,9,11,14-15H2,1H3,(H,31,34). The van der Waals surface area contributed by atoms with E-state index in [2.05, 4.69) is 34.7 Å². The van der Waals surface area contributed by atoms with Gasteiger partial charge in [-0.05, 0) is 42.6 Å². The molecule has 0 bridgehead atoms. The molecule has 9 heteroatoms. The fourth-order valence-corrected chi connectivity index (χ4v) is 4.38. The van der Waals surface area contributed by atoms with Crippen molar-refractivity contribution < 1.29 is 18.4 Å². The number of benzene rings is 1. The lowest BCUT2D eigenvalue weighted by Gasteiger charge is -2.24. The molecule has 2 aliphatic heterocycles. The van der Waals surface area contributed by atoms with Gasteiger partial charge in [0.15, 0.2) is 0 Å². The average Bonchev–Trinajstić information content (AvgIpc) is 3.16. The molecule has 1 fully saturated rings. The van der Waals surface area contributed by atoms with E-state index in [9.17, 15) is 18.4 Å². The average molecular weight is 466 g/mol. The first-order chi connectivity index (χ1) is 16.3. The van der Waals surface area contributed by atoms with Crippen molar-refractivity contribution in [2.45, 2.75) is 37.8 Å². The summed E-state index contributed by atoms with van der Waals surface area (Å²) in [5.74, 6) is -4.35. The van der Waals surface area contributed by atoms with Gasteiger partial charge in [0.1, 0.15) is 6.04 Å². The van der Waals surface area contributed by atoms with Crippen molar-refractivity contribution >= 4 is 24.0 Å². The molecular weight excluding hydrogens is 440 g/mol. The number of rotatable bonds is 5. The van der Waals surface area contributed by atoms with Crippen molar-refractivity contribution in [2.24, 2.45) is 0 Å². The zero-order valence-electron chi connectivity index (χ0n) is 18.7. The maximum atomic E-state index is 13.6. The molecule has 3 heterocycles. The van der Waals surface area contributed by atoms with Crippen LogP contribution in [-0.4, -0.2) is 53.3 Å². The number of nitrogens with one attached hydrogen (secondary N) is 2. The summed E-state index contributed by atoms with van der Waals surface area (Å²) < 4.78 is 27.2. The second kappa shape index (κ2) is 9.69. The summed E-state index contributed by atoms with van der Waals surface area (Å²) in [6.07, 6.45) is 6.95. The minimum Gasteiger partial charge on any atom is -0.343 e. The highest BCUT2D eigenvalue weighted by Gasteiger charge is 2.47. The van der Waals surface area contributed by atoms with Crippen LogP contribution in [0.2, 0.25) is 0 Å². The Bertz CT molecular complexity index is 1170. The predicted octanol–water partition coefficient (Wildman–Crippen LogP) is 2.95. The van der Waals surface area contributed by atoms with E-state index in [0.717, 1.165) is 23.4 Å². The molecule has 2 aromatic rings. The lowest BCUT2D eigenvalue weighted by molar-refractivity contribution is -0.131. The Morgan fingerprint density at radius 2 is 2.18 bits per heavy atom. The Balaban J connectivity index is 1.44. The molecule has 2 unspecified atom stereocenters. The van der Waals surface area contributed by atoms with Crippen LogP contribution >= 0.6 is 0 Å². The number of carbonyl (C=O) groups is 2. The maximum absolute atomic E-state index is 13.6. The van der Waals surface area contributed by atoms with Gasteiger partial charge in [-0.1, -0.05) is 30.4 Å². The third kappa shape index (κ3) is 5.13. The van der Waals surface area contributed by atoms with Gasteiger partial charge in [-0.2, -0.15) is 5.26 Å². The molecule has 0 radical (unpaired) electrons. The van der Waals surface area contributed by atoms with E-state index >= 15 is 0 Å². The maximum Gasteiger partial charge on any atom is 0.268 e. The summed E-state index contributed by atoms with van der Waals surface area (Å²) in [4.78, 5) is 30.0. The van der Waals surface area contributed by atoms with E-state index in [-0.39, 0.29) is 0 Å². The number of likely N-dealkylation sites (tertiary alicyclic amines) is 1. The van der Waals surface area contributed by atoms with Crippen molar-refractivity contribution in [3.05, 3.63) is 64.5 Å². The first kappa shape index (κ1) is 23.5. The number of alkyl halides is 2. The molecule has 7 nitrogen and oxygen atoms in total. The molecule has 2 atom stereocenters. The molecule has 0 saturated carbocycles. The smallest absolute Gasteiger partial charge is 0.268 e. The van der Waals surface area contributed by atoms with Crippen LogP contribution in [-0.2, 0) is 11.2 Å². The summed E-state index contributed by atoms with van der Waals surface area (Å²) in [5.41, 5.74) is 4.43. The quantitative estimate of drug-likeness (QED) is 0.708. The summed E-state index contributed by atoms with van der Waals surface area (Å²) in [6.45, 7) is 1.76. The van der Waals surface area contributed by atoms with Gasteiger partial charge >= 0.3 is 0 Å². The highest BCUT2D eigenvalue weighted by Crippen LogP contribution is 2.31. The molecule has 1 aromatic heterocycles. The summed E-state index contributed by atoms with van der Waals surface area (Å²) >= 11 is 0. The highest BCUT2D eigenvalue weighted by molar-refractivity contribution is 6.00. The minimum atomic E-state index is -3.10. The molecule has 2 amide bonds. The van der Waals surface area contributed by atoms with Crippen LogP contribution in [0.25, 0.3) is 12.2 Å². The van der Waals surface area contributed by atoms with E-state index in [1.54, 1.807) is 18.3 Å². The number of amides is 2. The number of aromatic nitrogens is 1. The van der Waals surface area contributed by atoms with Gasteiger partial charge in [-0.25, -0.2) is 8.78 Å². The fourth-order valence-electron chi connectivity index (χ4n) is 4.38. The highest BCUT2D eigenvalue weighted by atomic mass is 19.3. The number of hydrogen-bond acceptors (Lipinski definition) is 5. The second-order valence-electron chi connectivity index (χ2n) is 8.59. The number of hydrogen-bond donors (Lipinski definition) is 2. The Morgan fingerprint density at radius 1 is 1.35 bits per heavy atom. The van der Waals surface area contributed by atoms with Crippen molar-refractivity contribution in [3.63, 3.8) is 0 Å². The van der Waals surface area contributed by atoms with E-state index in [0.29, 0.717) is 17.2 Å². The van der Waals surface area contributed by atoms with Crippen LogP contribution in [0.4, 0.5) is 8.78 Å². The SMILES string of the molecule is CC1NCCc2cc(C=Cc3cnccc3C(=O)NCC(=O)N3CC(F)(F)CC3C#N)ccc21. The van der Waals surface area contributed by atoms with Crippen molar-refractivity contribution in [1.29, 1.82) is 5.26 Å². The normalized spacial score (nSPS) is 21.2. The summed E-state index contributed by atoms with van der Waals surface area (Å²) in [5, 5.41) is 15.0. The number of fused-ring (bicyclic) bond motifs is 1. The van der Waals surface area contributed by atoms with Crippen LogP contribution in [0.15, 0.2) is 36.7 Å². The molecule has 2 N–H and O–H groups in total. The third-order valence-corrected chi connectivity index (χ3v) is 6.17. The van der Waals surface area contributed by atoms with E-state index in [4.69, 9.17) is 5.26 Å². The zero-order valence-corrected chi connectivity index (χ0v) is 18.7. The number of pyridine rings is 1. The monoisotopic (exact) mass is 465 g/mol. The molecular formula is C25H25F2N5O2. The van der Waals surface area contributed by atoms with Crippen LogP contribution < -0.4 is 10.6 Å². The number of nitriles is 1. The van der Waals surface area contributed by atoms with Crippen LogP contribution in [0.5, 0.6) is 0 Å². The molecule has 2 aliphatic rings. The molecule has 34 heavy (non-hydrogen) atoms. The lowest BCUT2D eigenvalue weighted by Crippen LogP contribution is -2.43. The van der Waals surface area contributed by atoms with Crippen LogP contribution in [0.1, 0.15) is 52.0 Å². The van der Waals surface area contributed by atoms with Crippen LogP contribution in [0, 0.1) is 11.3 Å². The van der Waals surface area contributed by atoms with Gasteiger partial charge in [0.05, 0.1) is 19.2 Å². The lowest BCUT2D eigenvalue weighted by atomic mass is 9.93. The number of halogens is 2. The van der Waals surface area contributed by atoms with Gasteiger partial charge in [-0.15, -0.1) is 0 Å². The Labute approximate surface area is 196 Å². The van der Waals surface area contributed by atoms with E-state index in [1.807, 2.05) is 12.1 Å². The predicted molar refractivity (Wildman–Crippen MR) is 123 cm³/mol. The third-order valence-electron chi connectivity index (χ3n) is 6.17. The van der Waals surface area contributed by atoms with Gasteiger partial charge in [0, 0.05) is 36.0 Å². The van der Waals surface area contributed by atoms with E-state index in [1.165, 1.54) is 23.4 Å². The number of nitrogens with zero attached hydrogens (tertiary/aromatic N) is 3. The zero-order chi connectivity index (χ0) is 24.3. The van der Waals surface area contributed by atoms with Gasteiger partial charge in [0.2, 0.25) is 5.91 Å². The fraction of sp³-hybridized carbons (Fsp3) is 0.360. The van der Waals surface area contributed by atoms with Gasteiger partial charge in [0.25, 0.3) is 11.8 Å². The minimum absolute atomic E-state index is 0.304. The topological polar surface area (TPSA) is 98.1 Å². The Kier molecular flexibility index (Phi) is 6.70.